The van der Waals surface area contributed by atoms with Crippen molar-refractivity contribution in [2.75, 3.05) is 18.9 Å². The van der Waals surface area contributed by atoms with E-state index >= 15 is 0 Å². The van der Waals surface area contributed by atoms with E-state index in [2.05, 4.69) is 5.32 Å². The van der Waals surface area contributed by atoms with E-state index < -0.39 is 17.6 Å². The summed E-state index contributed by atoms with van der Waals surface area (Å²) in [7, 11) is 1.64. The van der Waals surface area contributed by atoms with Crippen molar-refractivity contribution in [3.63, 3.8) is 0 Å². The molecule has 2 rings (SSSR count). The van der Waals surface area contributed by atoms with E-state index in [1.54, 1.807) is 7.05 Å². The zero-order valence-electron chi connectivity index (χ0n) is 13.2. The van der Waals surface area contributed by atoms with E-state index in [1.807, 2.05) is 6.92 Å². The van der Waals surface area contributed by atoms with Gasteiger partial charge in [-0.25, -0.2) is 0 Å². The third kappa shape index (κ3) is 4.31. The molecule has 1 aromatic carbocycles. The van der Waals surface area contributed by atoms with Crippen LogP contribution in [-0.2, 0) is 15.8 Å². The maximum Gasteiger partial charge on any atom is 0.416 e. The Morgan fingerprint density at radius 1 is 1.38 bits per heavy atom. The average Bonchev–Trinajstić information content (AvgIpc) is 2.51. The van der Waals surface area contributed by atoms with Gasteiger partial charge < -0.3 is 10.2 Å². The van der Waals surface area contributed by atoms with Crippen LogP contribution in [0.2, 0.25) is 0 Å². The highest BCUT2D eigenvalue weighted by Gasteiger charge is 2.32. The summed E-state index contributed by atoms with van der Waals surface area (Å²) in [6.45, 7) is 2.59. The number of amides is 2. The molecule has 8 heteroatoms. The molecule has 0 saturated carbocycles. The van der Waals surface area contributed by atoms with Crippen LogP contribution in [0.15, 0.2) is 34.1 Å². The number of anilines is 1. The van der Waals surface area contributed by atoms with Gasteiger partial charge >= 0.3 is 6.18 Å². The Kier molecular flexibility index (Phi) is 5.58. The van der Waals surface area contributed by atoms with E-state index in [0.29, 0.717) is 11.4 Å². The highest BCUT2D eigenvalue weighted by molar-refractivity contribution is 8.04. The molecule has 130 valence electrons. The fourth-order valence-electron chi connectivity index (χ4n) is 2.06. The van der Waals surface area contributed by atoms with Crippen molar-refractivity contribution in [1.82, 2.24) is 4.90 Å². The number of rotatable bonds is 4. The lowest BCUT2D eigenvalue weighted by Crippen LogP contribution is -2.27. The Hall–Kier alpha value is -1.96. The molecule has 1 aliphatic rings. The average molecular weight is 358 g/mol. The second-order valence-corrected chi connectivity index (χ2v) is 6.47. The molecular formula is C16H17F3N2O2S. The number of unbranched alkanes of at least 4 members (excludes halogenated alkanes) is 1. The molecule has 0 radical (unpaired) electrons. The number of carbonyl (C=O) groups excluding carboxylic acids is 2. The van der Waals surface area contributed by atoms with E-state index in [0.717, 1.165) is 36.7 Å². The number of alkyl halides is 3. The molecular weight excluding hydrogens is 341 g/mol. The third-order valence-electron chi connectivity index (χ3n) is 3.48. The lowest BCUT2D eigenvalue weighted by atomic mass is 10.2. The van der Waals surface area contributed by atoms with Gasteiger partial charge in [-0.2, -0.15) is 13.2 Å². The second-order valence-electron chi connectivity index (χ2n) is 5.39. The Bertz CT molecular complexity index is 686. The first kappa shape index (κ1) is 18.4. The second kappa shape index (κ2) is 7.29. The number of hydrogen-bond donors (Lipinski definition) is 1. The summed E-state index contributed by atoms with van der Waals surface area (Å²) in [5.74, 6) is -0.888. The molecule has 4 nitrogen and oxygen atoms in total. The number of halogens is 3. The molecule has 1 N–H and O–H groups in total. The van der Waals surface area contributed by atoms with Gasteiger partial charge in [0.2, 0.25) is 5.91 Å². The number of likely N-dealkylation sites (N-methyl/N-ethyl adjacent to an activating group) is 1. The maximum absolute atomic E-state index is 12.7. The quantitative estimate of drug-likeness (QED) is 0.831. The number of benzene rings is 1. The molecule has 1 heterocycles. The molecule has 0 saturated heterocycles. The van der Waals surface area contributed by atoms with E-state index in [-0.39, 0.29) is 16.5 Å². The molecule has 0 aliphatic carbocycles. The Labute approximate surface area is 142 Å². The van der Waals surface area contributed by atoms with Gasteiger partial charge in [-0.05, 0) is 24.6 Å². The van der Waals surface area contributed by atoms with Crippen LogP contribution in [0.5, 0.6) is 0 Å². The molecule has 0 unspecified atom stereocenters. The zero-order chi connectivity index (χ0) is 17.9. The van der Waals surface area contributed by atoms with Gasteiger partial charge in [0.05, 0.1) is 16.2 Å². The first-order chi connectivity index (χ1) is 11.2. The van der Waals surface area contributed by atoms with Gasteiger partial charge in [-0.3, -0.25) is 9.59 Å². The lowest BCUT2D eigenvalue weighted by molar-refractivity contribution is -0.137. The topological polar surface area (TPSA) is 49.4 Å². The molecule has 0 aromatic heterocycles. The minimum absolute atomic E-state index is 0.101. The predicted molar refractivity (Wildman–Crippen MR) is 86.6 cm³/mol. The summed E-state index contributed by atoms with van der Waals surface area (Å²) < 4.78 is 38.1. The van der Waals surface area contributed by atoms with Crippen LogP contribution in [0.4, 0.5) is 18.9 Å². The van der Waals surface area contributed by atoms with Crippen molar-refractivity contribution in [2.24, 2.45) is 0 Å². The van der Waals surface area contributed by atoms with E-state index in [9.17, 15) is 22.8 Å². The van der Waals surface area contributed by atoms with Gasteiger partial charge in [0.15, 0.2) is 0 Å². The molecule has 1 aromatic rings. The SMILES string of the molecule is CCCCN(C)C(=O)/C=C1/Sc2ccc(C(F)(F)F)cc2NC1=O. The van der Waals surface area contributed by atoms with Crippen molar-refractivity contribution < 1.29 is 22.8 Å². The minimum atomic E-state index is -4.47. The van der Waals surface area contributed by atoms with Crippen molar-refractivity contribution in [1.29, 1.82) is 0 Å². The first-order valence-electron chi connectivity index (χ1n) is 7.39. The number of thioether (sulfide) groups is 1. The highest BCUT2D eigenvalue weighted by Crippen LogP contribution is 2.41. The van der Waals surface area contributed by atoms with E-state index in [1.165, 1.54) is 17.0 Å². The van der Waals surface area contributed by atoms with Gasteiger partial charge in [-0.1, -0.05) is 25.1 Å². The molecule has 24 heavy (non-hydrogen) atoms. The molecule has 0 fully saturated rings. The molecule has 0 atom stereocenters. The number of hydrogen-bond acceptors (Lipinski definition) is 3. The molecule has 1 aliphatic heterocycles. The van der Waals surface area contributed by atoms with Gasteiger partial charge in [0, 0.05) is 24.6 Å². The Balaban J connectivity index is 2.19. The summed E-state index contributed by atoms with van der Waals surface area (Å²) in [5.41, 5.74) is -0.728. The number of fused-ring (bicyclic) bond motifs is 1. The third-order valence-corrected chi connectivity index (χ3v) is 4.58. The largest absolute Gasteiger partial charge is 0.416 e. The van der Waals surface area contributed by atoms with Crippen LogP contribution in [0.3, 0.4) is 0 Å². The predicted octanol–water partition coefficient (Wildman–Crippen LogP) is 3.89. The summed E-state index contributed by atoms with van der Waals surface area (Å²) >= 11 is 0.988. The Morgan fingerprint density at radius 3 is 2.71 bits per heavy atom. The van der Waals surface area contributed by atoms with Gasteiger partial charge in [0.25, 0.3) is 5.91 Å². The van der Waals surface area contributed by atoms with Crippen LogP contribution in [0.1, 0.15) is 25.3 Å². The van der Waals surface area contributed by atoms with Crippen LogP contribution < -0.4 is 5.32 Å². The monoisotopic (exact) mass is 358 g/mol. The number of nitrogens with zero attached hydrogens (tertiary/aromatic N) is 1. The lowest BCUT2D eigenvalue weighted by Gasteiger charge is -2.21. The maximum atomic E-state index is 12.7. The van der Waals surface area contributed by atoms with Crippen molar-refractivity contribution in [3.05, 3.63) is 34.7 Å². The minimum Gasteiger partial charge on any atom is -0.342 e. The van der Waals surface area contributed by atoms with Crippen molar-refractivity contribution in [3.8, 4) is 0 Å². The van der Waals surface area contributed by atoms with Gasteiger partial charge in [0.1, 0.15) is 0 Å². The Morgan fingerprint density at radius 2 is 2.08 bits per heavy atom. The smallest absolute Gasteiger partial charge is 0.342 e. The van der Waals surface area contributed by atoms with Gasteiger partial charge in [-0.15, -0.1) is 0 Å². The van der Waals surface area contributed by atoms with Crippen LogP contribution in [0.25, 0.3) is 0 Å². The number of carbonyl (C=O) groups is 2. The normalized spacial score (nSPS) is 15.9. The molecule has 0 spiro atoms. The fourth-order valence-corrected chi connectivity index (χ4v) is 2.96. The standard InChI is InChI=1S/C16H17F3N2O2S/c1-3-4-7-21(2)14(22)9-13-15(23)20-11-8-10(16(17,18)19)5-6-12(11)24-13/h5-6,8-9H,3-4,7H2,1-2H3,(H,20,23)/b13-9+. The van der Waals surface area contributed by atoms with Crippen LogP contribution >= 0.6 is 11.8 Å². The summed E-state index contributed by atoms with van der Waals surface area (Å²) in [5, 5.41) is 2.41. The van der Waals surface area contributed by atoms with Crippen LogP contribution in [-0.4, -0.2) is 30.3 Å². The van der Waals surface area contributed by atoms with Crippen LogP contribution in [0, 0.1) is 0 Å². The fraction of sp³-hybridized carbons (Fsp3) is 0.375. The first-order valence-corrected chi connectivity index (χ1v) is 8.21. The highest BCUT2D eigenvalue weighted by atomic mass is 32.2. The summed E-state index contributed by atoms with van der Waals surface area (Å²) in [4.78, 5) is 26.2. The number of nitrogens with one attached hydrogen (secondary N) is 1. The summed E-state index contributed by atoms with van der Waals surface area (Å²) in [6, 6.07) is 3.14. The molecule has 0 bridgehead atoms. The zero-order valence-corrected chi connectivity index (χ0v) is 14.1. The van der Waals surface area contributed by atoms with E-state index in [4.69, 9.17) is 0 Å². The van der Waals surface area contributed by atoms with Crippen molar-refractivity contribution in [2.45, 2.75) is 30.8 Å². The molecule has 2 amide bonds. The summed E-state index contributed by atoms with van der Waals surface area (Å²) in [6.07, 6.45) is -1.46. The van der Waals surface area contributed by atoms with Crippen molar-refractivity contribution >= 4 is 29.3 Å².